The average molecular weight is 362 g/mol. The Hall–Kier alpha value is -3.09. The highest BCUT2D eigenvalue weighted by Gasteiger charge is 2.28. The van der Waals surface area contributed by atoms with Crippen LogP contribution in [-0.2, 0) is 6.42 Å². The van der Waals surface area contributed by atoms with Crippen LogP contribution in [-0.4, -0.2) is 48.4 Å². The summed E-state index contributed by atoms with van der Waals surface area (Å²) in [5, 5.41) is 0. The largest absolute Gasteiger partial charge is 0.338 e. The molecule has 7 nitrogen and oxygen atoms in total. The zero-order chi connectivity index (χ0) is 18.6. The van der Waals surface area contributed by atoms with Gasteiger partial charge in [0, 0.05) is 68.2 Å². The van der Waals surface area contributed by atoms with Crippen LogP contribution in [0.15, 0.2) is 49.3 Å². The van der Waals surface area contributed by atoms with E-state index in [9.17, 15) is 4.79 Å². The number of nitrogens with zero attached hydrogens (tertiary/aromatic N) is 6. The van der Waals surface area contributed by atoms with Crippen molar-refractivity contribution in [1.82, 2.24) is 29.4 Å². The molecule has 1 amide bonds. The van der Waals surface area contributed by atoms with E-state index in [1.165, 1.54) is 0 Å². The van der Waals surface area contributed by atoms with Gasteiger partial charge in [-0.15, -0.1) is 0 Å². The zero-order valence-electron chi connectivity index (χ0n) is 15.3. The van der Waals surface area contributed by atoms with Crippen molar-refractivity contribution in [3.63, 3.8) is 0 Å². The van der Waals surface area contributed by atoms with Gasteiger partial charge in [-0.05, 0) is 25.0 Å². The Morgan fingerprint density at radius 1 is 1.11 bits per heavy atom. The first kappa shape index (κ1) is 17.3. The molecule has 1 aliphatic heterocycles. The molecular formula is C20H22N6O. The number of pyridine rings is 1. The van der Waals surface area contributed by atoms with Crippen LogP contribution >= 0.6 is 0 Å². The van der Waals surface area contributed by atoms with Crippen LogP contribution in [0.3, 0.4) is 0 Å². The molecule has 3 aromatic rings. The molecule has 4 rings (SSSR count). The fraction of sp³-hybridized carbons (Fsp3) is 0.350. The van der Waals surface area contributed by atoms with Crippen molar-refractivity contribution >= 4 is 5.91 Å². The summed E-state index contributed by atoms with van der Waals surface area (Å²) in [7, 11) is 0. The molecule has 0 unspecified atom stereocenters. The molecule has 27 heavy (non-hydrogen) atoms. The van der Waals surface area contributed by atoms with Gasteiger partial charge in [-0.25, -0.2) is 9.97 Å². The van der Waals surface area contributed by atoms with E-state index in [-0.39, 0.29) is 11.8 Å². The fourth-order valence-corrected chi connectivity index (χ4v) is 3.67. The van der Waals surface area contributed by atoms with Crippen molar-refractivity contribution in [2.24, 2.45) is 0 Å². The lowest BCUT2D eigenvalue weighted by Crippen LogP contribution is -2.39. The van der Waals surface area contributed by atoms with Gasteiger partial charge in [0.05, 0.1) is 5.69 Å². The predicted molar refractivity (Wildman–Crippen MR) is 101 cm³/mol. The maximum atomic E-state index is 12.8. The van der Waals surface area contributed by atoms with E-state index in [4.69, 9.17) is 0 Å². The second-order valence-corrected chi connectivity index (χ2v) is 6.66. The molecule has 0 spiro atoms. The van der Waals surface area contributed by atoms with Crippen LogP contribution in [0.2, 0.25) is 0 Å². The summed E-state index contributed by atoms with van der Waals surface area (Å²) in [5.41, 5.74) is 1.60. The van der Waals surface area contributed by atoms with Crippen LogP contribution in [0.1, 0.15) is 47.6 Å². The van der Waals surface area contributed by atoms with Crippen molar-refractivity contribution < 1.29 is 4.79 Å². The summed E-state index contributed by atoms with van der Waals surface area (Å²) in [4.78, 5) is 32.4. The Bertz CT molecular complexity index is 923. The summed E-state index contributed by atoms with van der Waals surface area (Å²) in [6.45, 7) is 3.48. The van der Waals surface area contributed by atoms with Crippen LogP contribution in [0.5, 0.6) is 0 Å². The van der Waals surface area contributed by atoms with Crippen LogP contribution in [0, 0.1) is 0 Å². The summed E-state index contributed by atoms with van der Waals surface area (Å²) in [5.74, 6) is 1.97. The Morgan fingerprint density at radius 2 is 1.93 bits per heavy atom. The number of amides is 1. The summed E-state index contributed by atoms with van der Waals surface area (Å²) in [6.07, 6.45) is 13.2. The highest BCUT2D eigenvalue weighted by molar-refractivity contribution is 5.94. The van der Waals surface area contributed by atoms with E-state index >= 15 is 0 Å². The highest BCUT2D eigenvalue weighted by Crippen LogP contribution is 2.29. The monoisotopic (exact) mass is 362 g/mol. The molecule has 1 fully saturated rings. The molecule has 1 saturated heterocycles. The van der Waals surface area contributed by atoms with Crippen molar-refractivity contribution in [2.75, 3.05) is 13.1 Å². The number of carbonyl (C=O) groups is 1. The van der Waals surface area contributed by atoms with E-state index in [1.807, 2.05) is 15.7 Å². The number of piperidine rings is 1. The van der Waals surface area contributed by atoms with Crippen LogP contribution in [0.25, 0.3) is 5.82 Å². The average Bonchev–Trinajstić information content (AvgIpc) is 3.23. The topological polar surface area (TPSA) is 76.8 Å². The summed E-state index contributed by atoms with van der Waals surface area (Å²) < 4.78 is 2.01. The molecule has 4 heterocycles. The zero-order valence-corrected chi connectivity index (χ0v) is 15.3. The van der Waals surface area contributed by atoms with Gasteiger partial charge < -0.3 is 4.90 Å². The highest BCUT2D eigenvalue weighted by atomic mass is 16.2. The van der Waals surface area contributed by atoms with Gasteiger partial charge >= 0.3 is 0 Å². The number of aromatic nitrogens is 5. The smallest absolute Gasteiger partial charge is 0.253 e. The molecule has 3 aromatic heterocycles. The number of rotatable bonds is 4. The molecular weight excluding hydrogens is 340 g/mol. The standard InChI is InChI=1S/C20H22N6O/c1-2-17-22-11-13-26(17)19-18(23-9-10-24-19)16-4-3-12-25(14-16)20(27)15-5-7-21-8-6-15/h5-11,13,16H,2-4,12,14H2,1H3/t16-/m1/s1. The summed E-state index contributed by atoms with van der Waals surface area (Å²) in [6, 6.07) is 3.53. The molecule has 0 bridgehead atoms. The third-order valence-corrected chi connectivity index (χ3v) is 4.99. The maximum Gasteiger partial charge on any atom is 0.253 e. The molecule has 0 radical (unpaired) electrons. The Balaban J connectivity index is 1.62. The maximum absolute atomic E-state index is 12.8. The second kappa shape index (κ2) is 7.65. The molecule has 7 heteroatoms. The molecule has 1 atom stereocenters. The number of hydrogen-bond acceptors (Lipinski definition) is 5. The number of likely N-dealkylation sites (tertiary alicyclic amines) is 1. The number of hydrogen-bond donors (Lipinski definition) is 0. The minimum atomic E-state index is 0.0458. The van der Waals surface area contributed by atoms with Gasteiger partial charge in [-0.2, -0.15) is 0 Å². The number of imidazole rings is 1. The van der Waals surface area contributed by atoms with Crippen molar-refractivity contribution in [3.8, 4) is 5.82 Å². The summed E-state index contributed by atoms with van der Waals surface area (Å²) >= 11 is 0. The SMILES string of the molecule is CCc1nccn1-c1nccnc1[C@@H]1CCCN(C(=O)c2ccncc2)C1. The van der Waals surface area contributed by atoms with Crippen LogP contribution < -0.4 is 0 Å². The lowest BCUT2D eigenvalue weighted by Gasteiger charge is -2.33. The molecule has 0 saturated carbocycles. The number of carbonyl (C=O) groups excluding carboxylic acids is 1. The minimum Gasteiger partial charge on any atom is -0.338 e. The van der Waals surface area contributed by atoms with Gasteiger partial charge in [0.15, 0.2) is 5.82 Å². The van der Waals surface area contributed by atoms with E-state index in [0.29, 0.717) is 12.1 Å². The van der Waals surface area contributed by atoms with Crippen molar-refractivity contribution in [3.05, 3.63) is 66.4 Å². The van der Waals surface area contributed by atoms with Gasteiger partial charge in [0.25, 0.3) is 5.91 Å². The van der Waals surface area contributed by atoms with E-state index < -0.39 is 0 Å². The molecule has 138 valence electrons. The molecule has 0 aromatic carbocycles. The first-order valence-corrected chi connectivity index (χ1v) is 9.30. The van der Waals surface area contributed by atoms with Gasteiger partial charge in [-0.1, -0.05) is 6.92 Å². The quantitative estimate of drug-likeness (QED) is 0.713. The van der Waals surface area contributed by atoms with Crippen molar-refractivity contribution in [2.45, 2.75) is 32.1 Å². The van der Waals surface area contributed by atoms with Gasteiger partial charge in [0.1, 0.15) is 5.82 Å². The van der Waals surface area contributed by atoms with E-state index in [1.54, 1.807) is 43.1 Å². The van der Waals surface area contributed by atoms with Crippen LogP contribution in [0.4, 0.5) is 0 Å². The van der Waals surface area contributed by atoms with E-state index in [2.05, 4.69) is 26.9 Å². The normalized spacial score (nSPS) is 17.1. The Kier molecular flexibility index (Phi) is 4.91. The molecule has 1 aliphatic rings. The fourth-order valence-electron chi connectivity index (χ4n) is 3.67. The predicted octanol–water partition coefficient (Wildman–Crippen LogP) is 2.64. The van der Waals surface area contributed by atoms with Gasteiger partial charge in [-0.3, -0.25) is 19.3 Å². The lowest BCUT2D eigenvalue weighted by molar-refractivity contribution is 0.0705. The van der Waals surface area contributed by atoms with Crippen molar-refractivity contribution in [1.29, 1.82) is 0 Å². The first-order chi connectivity index (χ1) is 13.3. The second-order valence-electron chi connectivity index (χ2n) is 6.66. The molecule has 0 N–H and O–H groups in total. The third-order valence-electron chi connectivity index (χ3n) is 4.99. The molecule has 0 aliphatic carbocycles. The third kappa shape index (κ3) is 3.45. The minimum absolute atomic E-state index is 0.0458. The van der Waals surface area contributed by atoms with Gasteiger partial charge in [0.2, 0.25) is 0 Å². The first-order valence-electron chi connectivity index (χ1n) is 9.30. The van der Waals surface area contributed by atoms with E-state index in [0.717, 1.165) is 43.1 Å². The number of aryl methyl sites for hydroxylation is 1. The lowest BCUT2D eigenvalue weighted by atomic mass is 9.93. The Morgan fingerprint density at radius 3 is 2.74 bits per heavy atom. The Labute approximate surface area is 158 Å².